The Labute approximate surface area is 98.0 Å². The molecule has 16 heavy (non-hydrogen) atoms. The van der Waals surface area contributed by atoms with Gasteiger partial charge in [-0.25, -0.2) is 0 Å². The summed E-state index contributed by atoms with van der Waals surface area (Å²) in [7, 11) is 0. The minimum atomic E-state index is 0.588. The Morgan fingerprint density at radius 1 is 1.38 bits per heavy atom. The summed E-state index contributed by atoms with van der Waals surface area (Å²) in [6.45, 7) is 7.37. The fraction of sp³-hybridized carbons (Fsp3) is 0.769. The molecular formula is C13H23N3. The van der Waals surface area contributed by atoms with Gasteiger partial charge >= 0.3 is 0 Å². The lowest BCUT2D eigenvalue weighted by Crippen LogP contribution is -2.23. The van der Waals surface area contributed by atoms with Crippen molar-refractivity contribution in [2.75, 3.05) is 0 Å². The summed E-state index contributed by atoms with van der Waals surface area (Å²) in [5.74, 6) is 1.67. The molecule has 1 saturated carbocycles. The standard InChI is InChI=1S/C13H23N3/c1-9-4-5-13(6-10(9)2)16-8-12(7-14)11(3)15-16/h8-10,13H,4-7,14H2,1-3H3. The van der Waals surface area contributed by atoms with Crippen LogP contribution in [-0.4, -0.2) is 9.78 Å². The first-order valence-corrected chi connectivity index (χ1v) is 6.36. The average Bonchev–Trinajstić information content (AvgIpc) is 2.64. The Morgan fingerprint density at radius 3 is 2.69 bits per heavy atom. The summed E-state index contributed by atoms with van der Waals surface area (Å²) >= 11 is 0. The zero-order chi connectivity index (χ0) is 11.7. The summed E-state index contributed by atoms with van der Waals surface area (Å²) in [4.78, 5) is 0. The van der Waals surface area contributed by atoms with E-state index in [0.717, 1.165) is 17.5 Å². The molecule has 1 heterocycles. The first kappa shape index (κ1) is 11.6. The molecule has 0 radical (unpaired) electrons. The third-order valence-corrected chi connectivity index (χ3v) is 4.18. The van der Waals surface area contributed by atoms with Crippen molar-refractivity contribution in [2.45, 2.75) is 52.6 Å². The van der Waals surface area contributed by atoms with Crippen molar-refractivity contribution >= 4 is 0 Å². The molecule has 3 unspecified atom stereocenters. The van der Waals surface area contributed by atoms with Crippen molar-refractivity contribution < 1.29 is 0 Å². The number of rotatable bonds is 2. The van der Waals surface area contributed by atoms with Gasteiger partial charge in [0.05, 0.1) is 11.7 Å². The van der Waals surface area contributed by atoms with Gasteiger partial charge in [-0.2, -0.15) is 5.10 Å². The number of hydrogen-bond donors (Lipinski definition) is 1. The molecule has 1 aromatic heterocycles. The van der Waals surface area contributed by atoms with Crippen LogP contribution in [-0.2, 0) is 6.54 Å². The van der Waals surface area contributed by atoms with Gasteiger partial charge in [-0.1, -0.05) is 13.8 Å². The Balaban J connectivity index is 2.12. The van der Waals surface area contributed by atoms with Gasteiger partial charge in [0, 0.05) is 18.3 Å². The molecule has 0 aromatic carbocycles. The molecule has 1 aromatic rings. The monoisotopic (exact) mass is 221 g/mol. The molecule has 90 valence electrons. The highest BCUT2D eigenvalue weighted by atomic mass is 15.3. The number of nitrogens with two attached hydrogens (primary N) is 1. The van der Waals surface area contributed by atoms with E-state index >= 15 is 0 Å². The molecule has 0 bridgehead atoms. The molecule has 2 N–H and O–H groups in total. The molecular weight excluding hydrogens is 198 g/mol. The van der Waals surface area contributed by atoms with Gasteiger partial charge in [0.1, 0.15) is 0 Å². The van der Waals surface area contributed by atoms with E-state index in [1.54, 1.807) is 0 Å². The predicted molar refractivity (Wildman–Crippen MR) is 66.1 cm³/mol. The summed E-state index contributed by atoms with van der Waals surface area (Å²) < 4.78 is 2.15. The van der Waals surface area contributed by atoms with Gasteiger partial charge in [-0.05, 0) is 38.0 Å². The highest BCUT2D eigenvalue weighted by Crippen LogP contribution is 2.35. The normalized spacial score (nSPS) is 30.6. The van der Waals surface area contributed by atoms with E-state index in [2.05, 4.69) is 29.8 Å². The van der Waals surface area contributed by atoms with Crippen LogP contribution in [0.5, 0.6) is 0 Å². The zero-order valence-electron chi connectivity index (χ0n) is 10.6. The maximum absolute atomic E-state index is 5.69. The minimum absolute atomic E-state index is 0.588. The Morgan fingerprint density at radius 2 is 2.12 bits per heavy atom. The maximum Gasteiger partial charge on any atom is 0.0638 e. The van der Waals surface area contributed by atoms with Crippen LogP contribution in [0.15, 0.2) is 6.20 Å². The Bertz CT molecular complexity index is 356. The number of aromatic nitrogens is 2. The fourth-order valence-corrected chi connectivity index (χ4v) is 2.67. The van der Waals surface area contributed by atoms with E-state index < -0.39 is 0 Å². The van der Waals surface area contributed by atoms with Crippen molar-refractivity contribution in [3.8, 4) is 0 Å². The molecule has 3 nitrogen and oxygen atoms in total. The van der Waals surface area contributed by atoms with E-state index in [-0.39, 0.29) is 0 Å². The van der Waals surface area contributed by atoms with Crippen LogP contribution in [0.4, 0.5) is 0 Å². The smallest absolute Gasteiger partial charge is 0.0638 e. The molecule has 2 rings (SSSR count). The van der Waals surface area contributed by atoms with Gasteiger partial charge in [0.25, 0.3) is 0 Å². The molecule has 1 aliphatic rings. The summed E-state index contributed by atoms with van der Waals surface area (Å²) in [5, 5.41) is 4.60. The summed E-state index contributed by atoms with van der Waals surface area (Å²) in [6, 6.07) is 0.588. The molecule has 0 amide bonds. The average molecular weight is 221 g/mol. The largest absolute Gasteiger partial charge is 0.326 e. The van der Waals surface area contributed by atoms with Crippen LogP contribution in [0.2, 0.25) is 0 Å². The Hall–Kier alpha value is -0.830. The molecule has 1 aliphatic carbocycles. The SMILES string of the molecule is Cc1nn(C2CCC(C)C(C)C2)cc1CN. The van der Waals surface area contributed by atoms with E-state index in [4.69, 9.17) is 5.73 Å². The van der Waals surface area contributed by atoms with Crippen LogP contribution in [0.3, 0.4) is 0 Å². The lowest BCUT2D eigenvalue weighted by atomic mass is 9.79. The second kappa shape index (κ2) is 4.58. The van der Waals surface area contributed by atoms with E-state index in [1.165, 1.54) is 24.8 Å². The van der Waals surface area contributed by atoms with Crippen molar-refractivity contribution in [2.24, 2.45) is 17.6 Å². The van der Waals surface area contributed by atoms with E-state index in [0.29, 0.717) is 12.6 Å². The highest BCUT2D eigenvalue weighted by Gasteiger charge is 2.26. The summed E-state index contributed by atoms with van der Waals surface area (Å²) in [5.41, 5.74) is 7.97. The van der Waals surface area contributed by atoms with E-state index in [1.807, 2.05) is 6.92 Å². The minimum Gasteiger partial charge on any atom is -0.326 e. The number of aryl methyl sites for hydroxylation is 1. The van der Waals surface area contributed by atoms with Crippen LogP contribution >= 0.6 is 0 Å². The molecule has 0 spiro atoms. The van der Waals surface area contributed by atoms with E-state index in [9.17, 15) is 0 Å². The lowest BCUT2D eigenvalue weighted by Gasteiger charge is -2.32. The lowest BCUT2D eigenvalue weighted by molar-refractivity contribution is 0.200. The Kier molecular flexibility index (Phi) is 3.33. The predicted octanol–water partition coefficient (Wildman–Crippen LogP) is 2.65. The maximum atomic E-state index is 5.69. The number of hydrogen-bond acceptors (Lipinski definition) is 2. The molecule has 3 atom stereocenters. The van der Waals surface area contributed by atoms with Crippen LogP contribution in [0, 0.1) is 18.8 Å². The van der Waals surface area contributed by atoms with Gasteiger partial charge < -0.3 is 5.73 Å². The van der Waals surface area contributed by atoms with Crippen LogP contribution in [0.1, 0.15) is 50.4 Å². The van der Waals surface area contributed by atoms with Crippen molar-refractivity contribution in [3.05, 3.63) is 17.5 Å². The molecule has 0 aliphatic heterocycles. The van der Waals surface area contributed by atoms with Gasteiger partial charge in [-0.3, -0.25) is 4.68 Å². The molecule has 1 fully saturated rings. The molecule has 3 heteroatoms. The zero-order valence-corrected chi connectivity index (χ0v) is 10.6. The first-order valence-electron chi connectivity index (χ1n) is 6.36. The van der Waals surface area contributed by atoms with Crippen molar-refractivity contribution in [1.82, 2.24) is 9.78 Å². The van der Waals surface area contributed by atoms with Crippen molar-refractivity contribution in [1.29, 1.82) is 0 Å². The van der Waals surface area contributed by atoms with Gasteiger partial charge in [-0.15, -0.1) is 0 Å². The first-order chi connectivity index (χ1) is 7.61. The molecule has 0 saturated heterocycles. The summed E-state index contributed by atoms with van der Waals surface area (Å²) in [6.07, 6.45) is 5.98. The van der Waals surface area contributed by atoms with Crippen molar-refractivity contribution in [3.63, 3.8) is 0 Å². The van der Waals surface area contributed by atoms with Gasteiger partial charge in [0.15, 0.2) is 0 Å². The highest BCUT2D eigenvalue weighted by molar-refractivity contribution is 5.15. The second-order valence-electron chi connectivity index (χ2n) is 5.35. The van der Waals surface area contributed by atoms with Crippen LogP contribution in [0.25, 0.3) is 0 Å². The topological polar surface area (TPSA) is 43.8 Å². The number of nitrogens with zero attached hydrogens (tertiary/aromatic N) is 2. The van der Waals surface area contributed by atoms with Gasteiger partial charge in [0.2, 0.25) is 0 Å². The third kappa shape index (κ3) is 2.14. The second-order valence-corrected chi connectivity index (χ2v) is 5.35. The quantitative estimate of drug-likeness (QED) is 0.834. The van der Waals surface area contributed by atoms with Crippen LogP contribution < -0.4 is 5.73 Å². The third-order valence-electron chi connectivity index (χ3n) is 4.18. The fourth-order valence-electron chi connectivity index (χ4n) is 2.67.